The molecule has 0 amide bonds. The fourth-order valence-electron chi connectivity index (χ4n) is 1.45. The lowest BCUT2D eigenvalue weighted by Gasteiger charge is -2.26. The summed E-state index contributed by atoms with van der Waals surface area (Å²) in [6, 6.07) is 6.27. The van der Waals surface area contributed by atoms with Gasteiger partial charge in [-0.3, -0.25) is 0 Å². The topological polar surface area (TPSA) is 35.2 Å². The van der Waals surface area contributed by atoms with E-state index < -0.39 is 0 Å². The minimum absolute atomic E-state index is 0.0494. The zero-order valence-corrected chi connectivity index (χ0v) is 11.0. The summed E-state index contributed by atoms with van der Waals surface area (Å²) < 4.78 is 5.73. The van der Waals surface area contributed by atoms with Crippen molar-refractivity contribution in [2.24, 2.45) is 11.1 Å². The molecule has 0 radical (unpaired) electrons. The molecule has 0 aliphatic rings. The smallest absolute Gasteiger partial charge is 0.119 e. The Morgan fingerprint density at radius 1 is 1.12 bits per heavy atom. The van der Waals surface area contributed by atoms with Crippen LogP contribution in [-0.4, -0.2) is 12.6 Å². The molecule has 1 unspecified atom stereocenters. The van der Waals surface area contributed by atoms with Gasteiger partial charge in [-0.1, -0.05) is 26.8 Å². The Labute approximate surface area is 98.8 Å². The number of ether oxygens (including phenoxy) is 1. The fourth-order valence-corrected chi connectivity index (χ4v) is 1.45. The van der Waals surface area contributed by atoms with Crippen LogP contribution in [0.4, 0.5) is 0 Å². The summed E-state index contributed by atoms with van der Waals surface area (Å²) in [4.78, 5) is 0. The van der Waals surface area contributed by atoms with Crippen LogP contribution in [0, 0.1) is 19.3 Å². The molecule has 0 aliphatic heterocycles. The van der Waals surface area contributed by atoms with Gasteiger partial charge in [0.25, 0.3) is 0 Å². The molecule has 2 N–H and O–H groups in total. The summed E-state index contributed by atoms with van der Waals surface area (Å²) in [6.45, 7) is 11.1. The molecule has 0 aliphatic carbocycles. The highest BCUT2D eigenvalue weighted by Gasteiger charge is 2.21. The molecule has 1 aromatic rings. The van der Waals surface area contributed by atoms with E-state index in [9.17, 15) is 0 Å². The van der Waals surface area contributed by atoms with Crippen molar-refractivity contribution in [2.45, 2.75) is 40.7 Å². The molecule has 0 bridgehead atoms. The first kappa shape index (κ1) is 13.0. The minimum atomic E-state index is 0.0494. The van der Waals surface area contributed by atoms with Crippen LogP contribution in [0.15, 0.2) is 18.2 Å². The molecule has 1 rings (SSSR count). The lowest BCUT2D eigenvalue weighted by Crippen LogP contribution is -2.40. The Balaban J connectivity index is 2.61. The van der Waals surface area contributed by atoms with E-state index >= 15 is 0 Å². The van der Waals surface area contributed by atoms with Gasteiger partial charge in [-0.05, 0) is 42.5 Å². The van der Waals surface area contributed by atoms with E-state index in [0.29, 0.717) is 6.61 Å². The molecule has 0 aromatic heterocycles. The Kier molecular flexibility index (Phi) is 3.98. The molecule has 16 heavy (non-hydrogen) atoms. The van der Waals surface area contributed by atoms with Gasteiger partial charge in [0.15, 0.2) is 0 Å². The van der Waals surface area contributed by atoms with Crippen molar-refractivity contribution >= 4 is 0 Å². The van der Waals surface area contributed by atoms with Gasteiger partial charge in [-0.15, -0.1) is 0 Å². The largest absolute Gasteiger partial charge is 0.492 e. The molecule has 0 heterocycles. The first-order valence-corrected chi connectivity index (χ1v) is 5.76. The molecular weight excluding hydrogens is 198 g/mol. The average Bonchev–Trinajstić information content (AvgIpc) is 2.11. The number of hydrogen-bond donors (Lipinski definition) is 1. The maximum absolute atomic E-state index is 6.05. The second-order valence-electron chi connectivity index (χ2n) is 5.61. The predicted molar refractivity (Wildman–Crippen MR) is 68.8 cm³/mol. The maximum atomic E-state index is 6.05. The van der Waals surface area contributed by atoms with Crippen molar-refractivity contribution < 1.29 is 4.74 Å². The first-order valence-electron chi connectivity index (χ1n) is 5.76. The summed E-state index contributed by atoms with van der Waals surface area (Å²) in [5, 5.41) is 0. The molecule has 1 aromatic carbocycles. The van der Waals surface area contributed by atoms with Gasteiger partial charge in [0, 0.05) is 6.04 Å². The van der Waals surface area contributed by atoms with Crippen molar-refractivity contribution in [3.63, 3.8) is 0 Å². The second kappa shape index (κ2) is 4.88. The number of nitrogens with two attached hydrogens (primary N) is 1. The van der Waals surface area contributed by atoms with Crippen LogP contribution < -0.4 is 10.5 Å². The van der Waals surface area contributed by atoms with E-state index in [0.717, 1.165) is 5.75 Å². The number of aryl methyl sites for hydroxylation is 2. The van der Waals surface area contributed by atoms with Gasteiger partial charge < -0.3 is 10.5 Å². The fraction of sp³-hybridized carbons (Fsp3) is 0.571. The van der Waals surface area contributed by atoms with Gasteiger partial charge in [0.1, 0.15) is 12.4 Å². The van der Waals surface area contributed by atoms with Crippen molar-refractivity contribution in [2.75, 3.05) is 6.61 Å². The van der Waals surface area contributed by atoms with Crippen LogP contribution in [0.1, 0.15) is 31.9 Å². The first-order chi connectivity index (χ1) is 7.29. The van der Waals surface area contributed by atoms with Crippen LogP contribution in [0.3, 0.4) is 0 Å². The highest BCUT2D eigenvalue weighted by atomic mass is 16.5. The predicted octanol–water partition coefficient (Wildman–Crippen LogP) is 3.06. The van der Waals surface area contributed by atoms with Gasteiger partial charge in [0.2, 0.25) is 0 Å². The van der Waals surface area contributed by atoms with E-state index in [2.05, 4.69) is 40.7 Å². The van der Waals surface area contributed by atoms with Crippen molar-refractivity contribution in [1.29, 1.82) is 0 Å². The third-order valence-corrected chi connectivity index (χ3v) is 2.74. The quantitative estimate of drug-likeness (QED) is 0.851. The zero-order chi connectivity index (χ0) is 12.3. The van der Waals surface area contributed by atoms with E-state index in [1.165, 1.54) is 11.1 Å². The third kappa shape index (κ3) is 3.86. The summed E-state index contributed by atoms with van der Waals surface area (Å²) in [5.41, 5.74) is 8.58. The van der Waals surface area contributed by atoms with Gasteiger partial charge in [-0.25, -0.2) is 0 Å². The highest BCUT2D eigenvalue weighted by Crippen LogP contribution is 2.20. The van der Waals surface area contributed by atoms with Crippen molar-refractivity contribution in [1.82, 2.24) is 0 Å². The molecule has 2 nitrogen and oxygen atoms in total. The Morgan fingerprint density at radius 3 is 2.06 bits per heavy atom. The van der Waals surface area contributed by atoms with Crippen molar-refractivity contribution in [3.05, 3.63) is 29.3 Å². The highest BCUT2D eigenvalue weighted by molar-refractivity contribution is 5.33. The van der Waals surface area contributed by atoms with Crippen LogP contribution >= 0.6 is 0 Å². The Morgan fingerprint density at radius 2 is 1.62 bits per heavy atom. The lowest BCUT2D eigenvalue weighted by atomic mass is 9.88. The molecule has 0 fully saturated rings. The Bertz CT molecular complexity index is 332. The second-order valence-corrected chi connectivity index (χ2v) is 5.61. The molecule has 0 spiro atoms. The molecular formula is C14H23NO. The summed E-state index contributed by atoms with van der Waals surface area (Å²) >= 11 is 0. The van der Waals surface area contributed by atoms with E-state index in [4.69, 9.17) is 10.5 Å². The van der Waals surface area contributed by atoms with E-state index in [1.54, 1.807) is 0 Å². The summed E-state index contributed by atoms with van der Waals surface area (Å²) in [7, 11) is 0. The molecule has 0 saturated carbocycles. The number of rotatable bonds is 3. The summed E-state index contributed by atoms with van der Waals surface area (Å²) in [6.07, 6.45) is 0. The van der Waals surface area contributed by atoms with Crippen LogP contribution in [0.5, 0.6) is 5.75 Å². The van der Waals surface area contributed by atoms with E-state index in [-0.39, 0.29) is 11.5 Å². The molecule has 2 heteroatoms. The van der Waals surface area contributed by atoms with Gasteiger partial charge in [0.05, 0.1) is 0 Å². The number of hydrogen-bond acceptors (Lipinski definition) is 2. The SMILES string of the molecule is Cc1cc(C)cc(OCC(N)C(C)(C)C)c1. The van der Waals surface area contributed by atoms with Crippen LogP contribution in [0.25, 0.3) is 0 Å². The maximum Gasteiger partial charge on any atom is 0.119 e. The van der Waals surface area contributed by atoms with Crippen LogP contribution in [-0.2, 0) is 0 Å². The third-order valence-electron chi connectivity index (χ3n) is 2.74. The summed E-state index contributed by atoms with van der Waals surface area (Å²) in [5.74, 6) is 0.914. The molecule has 0 saturated heterocycles. The standard InChI is InChI=1S/C14H23NO/c1-10-6-11(2)8-12(7-10)16-9-13(15)14(3,4)5/h6-8,13H,9,15H2,1-5H3. The average molecular weight is 221 g/mol. The molecule has 90 valence electrons. The monoisotopic (exact) mass is 221 g/mol. The van der Waals surface area contributed by atoms with Gasteiger partial charge in [-0.2, -0.15) is 0 Å². The van der Waals surface area contributed by atoms with Crippen LogP contribution in [0.2, 0.25) is 0 Å². The van der Waals surface area contributed by atoms with Gasteiger partial charge >= 0.3 is 0 Å². The normalized spacial score (nSPS) is 13.6. The Hall–Kier alpha value is -1.02. The minimum Gasteiger partial charge on any atom is -0.492 e. The van der Waals surface area contributed by atoms with Crippen molar-refractivity contribution in [3.8, 4) is 5.75 Å². The number of benzene rings is 1. The lowest BCUT2D eigenvalue weighted by molar-refractivity contribution is 0.205. The molecule has 1 atom stereocenters. The van der Waals surface area contributed by atoms with E-state index in [1.807, 2.05) is 12.1 Å². The zero-order valence-electron chi connectivity index (χ0n) is 11.0.